The average molecular weight is 341 g/mol. The molecular formula is C19H23N3O3. The predicted octanol–water partition coefficient (Wildman–Crippen LogP) is 1.52. The van der Waals surface area contributed by atoms with Crippen molar-refractivity contribution < 1.29 is 14.3 Å². The summed E-state index contributed by atoms with van der Waals surface area (Å²) in [6, 6.07) is 1.86. The van der Waals surface area contributed by atoms with E-state index in [1.165, 1.54) is 18.4 Å². The van der Waals surface area contributed by atoms with Crippen LogP contribution in [0.15, 0.2) is 12.3 Å². The number of hydrogen-bond acceptors (Lipinski definition) is 4. The van der Waals surface area contributed by atoms with Gasteiger partial charge in [0.1, 0.15) is 0 Å². The van der Waals surface area contributed by atoms with E-state index in [0.717, 1.165) is 31.5 Å². The molecule has 2 atom stereocenters. The van der Waals surface area contributed by atoms with Crippen molar-refractivity contribution in [1.82, 2.24) is 14.8 Å². The lowest BCUT2D eigenvalue weighted by molar-refractivity contribution is -0.179. The second-order valence-electron chi connectivity index (χ2n) is 7.60. The molecule has 1 spiro atoms. The molecule has 132 valence electrons. The monoisotopic (exact) mass is 341 g/mol. The zero-order valence-electron chi connectivity index (χ0n) is 14.4. The van der Waals surface area contributed by atoms with E-state index < -0.39 is 5.72 Å². The van der Waals surface area contributed by atoms with Crippen LogP contribution in [0, 0.1) is 0 Å². The molecule has 6 heteroatoms. The van der Waals surface area contributed by atoms with Crippen LogP contribution in [-0.4, -0.2) is 58.1 Å². The average Bonchev–Trinajstić information content (AvgIpc) is 3.13. The van der Waals surface area contributed by atoms with E-state index in [4.69, 9.17) is 4.74 Å². The lowest BCUT2D eigenvalue weighted by atomic mass is 9.95. The molecule has 0 saturated carbocycles. The first kappa shape index (κ1) is 15.3. The van der Waals surface area contributed by atoms with Crippen molar-refractivity contribution in [3.05, 3.63) is 29.1 Å². The number of carbonyl (C=O) groups is 2. The molecule has 0 unspecified atom stereocenters. The van der Waals surface area contributed by atoms with Gasteiger partial charge < -0.3 is 14.5 Å². The molecule has 0 aromatic carbocycles. The Balaban J connectivity index is 1.44. The summed E-state index contributed by atoms with van der Waals surface area (Å²) in [4.78, 5) is 33.8. The van der Waals surface area contributed by atoms with Gasteiger partial charge in [-0.15, -0.1) is 0 Å². The van der Waals surface area contributed by atoms with Crippen LogP contribution in [0.2, 0.25) is 0 Å². The molecule has 4 aliphatic rings. The highest BCUT2D eigenvalue weighted by molar-refractivity contribution is 5.95. The number of likely N-dealkylation sites (tertiary alicyclic amines) is 1. The van der Waals surface area contributed by atoms with Gasteiger partial charge in [-0.3, -0.25) is 14.6 Å². The highest BCUT2D eigenvalue weighted by atomic mass is 16.5. The van der Waals surface area contributed by atoms with Crippen molar-refractivity contribution in [3.8, 4) is 0 Å². The van der Waals surface area contributed by atoms with Crippen LogP contribution in [0.25, 0.3) is 0 Å². The second kappa shape index (κ2) is 5.53. The van der Waals surface area contributed by atoms with E-state index >= 15 is 0 Å². The molecule has 5 rings (SSSR count). The van der Waals surface area contributed by atoms with Crippen LogP contribution in [0.4, 0.5) is 0 Å². The van der Waals surface area contributed by atoms with Crippen LogP contribution in [0.1, 0.15) is 53.7 Å². The molecule has 4 heterocycles. The van der Waals surface area contributed by atoms with Gasteiger partial charge in [-0.25, -0.2) is 0 Å². The van der Waals surface area contributed by atoms with Crippen molar-refractivity contribution in [1.29, 1.82) is 0 Å². The van der Waals surface area contributed by atoms with E-state index in [9.17, 15) is 9.59 Å². The van der Waals surface area contributed by atoms with E-state index in [-0.39, 0.29) is 17.9 Å². The summed E-state index contributed by atoms with van der Waals surface area (Å²) in [6.45, 7) is 2.06. The van der Waals surface area contributed by atoms with E-state index in [1.54, 1.807) is 6.20 Å². The molecule has 3 saturated heterocycles. The maximum absolute atomic E-state index is 13.2. The number of aryl methyl sites for hydroxylation is 2. The first-order valence-corrected chi connectivity index (χ1v) is 9.42. The van der Waals surface area contributed by atoms with E-state index in [1.807, 2.05) is 15.9 Å². The molecule has 0 radical (unpaired) electrons. The van der Waals surface area contributed by atoms with Gasteiger partial charge in [-0.2, -0.15) is 0 Å². The normalized spacial score (nSPS) is 30.9. The van der Waals surface area contributed by atoms with Gasteiger partial charge >= 0.3 is 0 Å². The maximum Gasteiger partial charge on any atom is 0.255 e. The van der Waals surface area contributed by atoms with E-state index in [2.05, 4.69) is 4.98 Å². The minimum absolute atomic E-state index is 0.00780. The van der Waals surface area contributed by atoms with Gasteiger partial charge in [0.25, 0.3) is 5.91 Å². The lowest BCUT2D eigenvalue weighted by Crippen LogP contribution is -2.56. The van der Waals surface area contributed by atoms with Crippen molar-refractivity contribution in [2.75, 3.05) is 19.7 Å². The number of hydrogen-bond donors (Lipinski definition) is 0. The molecule has 0 N–H and O–H groups in total. The van der Waals surface area contributed by atoms with Crippen LogP contribution in [0.3, 0.4) is 0 Å². The standard InChI is InChI=1S/C19H23N3O3/c23-17-11-16-19(22(17)7-3-9-25-19)6-8-21(16)18(24)14-10-13-4-1-2-5-15(13)20-12-14/h10,12,16H,1-9,11H2/t16-,19+/m1/s1. The third-order valence-electron chi connectivity index (χ3n) is 6.29. The fourth-order valence-electron chi connectivity index (χ4n) is 5.06. The zero-order valence-corrected chi connectivity index (χ0v) is 14.4. The Morgan fingerprint density at radius 2 is 2.12 bits per heavy atom. The molecule has 0 bridgehead atoms. The van der Waals surface area contributed by atoms with E-state index in [0.29, 0.717) is 31.6 Å². The molecular weight excluding hydrogens is 318 g/mol. The quantitative estimate of drug-likeness (QED) is 0.777. The number of aromatic nitrogens is 1. The van der Waals surface area contributed by atoms with Crippen molar-refractivity contribution in [3.63, 3.8) is 0 Å². The third-order valence-corrected chi connectivity index (χ3v) is 6.29. The van der Waals surface area contributed by atoms with Gasteiger partial charge in [0.15, 0.2) is 5.72 Å². The fraction of sp³-hybridized carbons (Fsp3) is 0.632. The molecule has 6 nitrogen and oxygen atoms in total. The summed E-state index contributed by atoms with van der Waals surface area (Å²) < 4.78 is 6.09. The Morgan fingerprint density at radius 3 is 3.04 bits per heavy atom. The summed E-state index contributed by atoms with van der Waals surface area (Å²) in [5.41, 5.74) is 2.43. The minimum Gasteiger partial charge on any atom is -0.353 e. The number of carbonyl (C=O) groups excluding carboxylic acids is 2. The van der Waals surface area contributed by atoms with Crippen LogP contribution < -0.4 is 0 Å². The summed E-state index contributed by atoms with van der Waals surface area (Å²) in [5, 5.41) is 0. The topological polar surface area (TPSA) is 62.7 Å². The fourth-order valence-corrected chi connectivity index (χ4v) is 5.06. The Morgan fingerprint density at radius 1 is 1.24 bits per heavy atom. The highest BCUT2D eigenvalue weighted by Crippen LogP contribution is 2.45. The SMILES string of the molecule is O=C(c1cnc2c(c1)CCCC2)N1CC[C@@]23OCCCN2C(=O)C[C@@H]13. The molecule has 25 heavy (non-hydrogen) atoms. The summed E-state index contributed by atoms with van der Waals surface area (Å²) in [6.07, 6.45) is 8.05. The third kappa shape index (κ3) is 2.16. The van der Waals surface area contributed by atoms with Crippen molar-refractivity contribution in [2.45, 2.75) is 56.7 Å². The zero-order chi connectivity index (χ0) is 17.0. The number of fused-ring (bicyclic) bond motifs is 1. The molecule has 3 aliphatic heterocycles. The molecule has 2 amide bonds. The smallest absolute Gasteiger partial charge is 0.255 e. The Kier molecular flexibility index (Phi) is 3.39. The van der Waals surface area contributed by atoms with Gasteiger partial charge in [0.05, 0.1) is 24.6 Å². The Hall–Kier alpha value is -1.95. The number of pyridine rings is 1. The Labute approximate surface area is 147 Å². The molecule has 1 aliphatic carbocycles. The molecule has 1 aromatic rings. The van der Waals surface area contributed by atoms with Crippen molar-refractivity contribution in [2.24, 2.45) is 0 Å². The van der Waals surface area contributed by atoms with Crippen LogP contribution >= 0.6 is 0 Å². The highest BCUT2D eigenvalue weighted by Gasteiger charge is 2.61. The Bertz CT molecular complexity index is 749. The summed E-state index contributed by atoms with van der Waals surface area (Å²) >= 11 is 0. The number of rotatable bonds is 1. The van der Waals surface area contributed by atoms with Crippen LogP contribution in [-0.2, 0) is 22.4 Å². The first-order chi connectivity index (χ1) is 12.2. The number of amides is 2. The lowest BCUT2D eigenvalue weighted by Gasteiger charge is -2.42. The predicted molar refractivity (Wildman–Crippen MR) is 90.0 cm³/mol. The largest absolute Gasteiger partial charge is 0.353 e. The first-order valence-electron chi connectivity index (χ1n) is 9.42. The second-order valence-corrected chi connectivity index (χ2v) is 7.60. The van der Waals surface area contributed by atoms with Crippen LogP contribution in [0.5, 0.6) is 0 Å². The number of ether oxygens (including phenoxy) is 1. The summed E-state index contributed by atoms with van der Waals surface area (Å²) in [5.74, 6) is 0.109. The van der Waals surface area contributed by atoms with Crippen molar-refractivity contribution >= 4 is 11.8 Å². The van der Waals surface area contributed by atoms with Gasteiger partial charge in [-0.05, 0) is 43.7 Å². The minimum atomic E-state index is -0.577. The number of nitrogens with zero attached hydrogens (tertiary/aromatic N) is 3. The van der Waals surface area contributed by atoms with Gasteiger partial charge in [0.2, 0.25) is 5.91 Å². The maximum atomic E-state index is 13.2. The van der Waals surface area contributed by atoms with Gasteiger partial charge in [-0.1, -0.05) is 0 Å². The van der Waals surface area contributed by atoms with Gasteiger partial charge in [0, 0.05) is 31.4 Å². The molecule has 3 fully saturated rings. The summed E-state index contributed by atoms with van der Waals surface area (Å²) in [7, 11) is 0. The molecule has 1 aromatic heterocycles.